The topological polar surface area (TPSA) is 229 Å². The lowest BCUT2D eigenvalue weighted by Gasteiger charge is -2.14. The third kappa shape index (κ3) is 16.3. The van der Waals surface area contributed by atoms with Gasteiger partial charge in [-0.1, -0.05) is 17.7 Å². The molecule has 1 amide bonds. The smallest absolute Gasteiger partial charge is 0.387 e. The number of halogens is 4. The number of aliphatic carboxylic acids is 4. The van der Waals surface area contributed by atoms with Crippen LogP contribution in [0.25, 0.3) is 10.9 Å². The van der Waals surface area contributed by atoms with Gasteiger partial charge in [0.2, 0.25) is 5.91 Å². The highest BCUT2D eigenvalue weighted by Gasteiger charge is 2.16. The molecule has 0 aliphatic rings. The van der Waals surface area contributed by atoms with Gasteiger partial charge in [0.25, 0.3) is 0 Å². The van der Waals surface area contributed by atoms with Crippen LogP contribution in [-0.4, -0.2) is 92.3 Å². The van der Waals surface area contributed by atoms with Gasteiger partial charge in [-0.25, -0.2) is 33.5 Å². The minimum absolute atomic E-state index is 0.00675. The molecule has 0 aliphatic carbocycles. The maximum atomic E-state index is 13.4. The number of carboxylic acids is 4. The van der Waals surface area contributed by atoms with Crippen LogP contribution >= 0.6 is 11.6 Å². The SMILES string of the molecule is CN(C)C/C=C\C(=O)Nc1cc2c(Nc3ccc(F)c(Cl)c3)ncnc2cc1OC(F)F.O=C(O)C=CC(=O)O.O=C(O)C=CC(=O)O. The molecule has 0 fully saturated rings. The molecule has 1 heterocycles. The lowest BCUT2D eigenvalue weighted by atomic mass is 10.1. The van der Waals surface area contributed by atoms with Crippen LogP contribution in [0.4, 0.5) is 30.4 Å². The molecule has 1 aromatic heterocycles. The molecule has 0 unspecified atom stereocenters. The molecule has 0 aliphatic heterocycles. The van der Waals surface area contributed by atoms with Crippen molar-refractivity contribution in [3.05, 3.63) is 84.0 Å². The lowest BCUT2D eigenvalue weighted by Crippen LogP contribution is -2.14. The second kappa shape index (κ2) is 20.2. The summed E-state index contributed by atoms with van der Waals surface area (Å²) in [5, 5.41) is 37.1. The first kappa shape index (κ1) is 40.0. The van der Waals surface area contributed by atoms with E-state index in [2.05, 4.69) is 25.3 Å². The molecule has 6 N–H and O–H groups in total. The summed E-state index contributed by atoms with van der Waals surface area (Å²) >= 11 is 5.82. The quantitative estimate of drug-likeness (QED) is 0.145. The van der Waals surface area contributed by atoms with E-state index in [0.717, 1.165) is 0 Å². The highest BCUT2D eigenvalue weighted by Crippen LogP contribution is 2.34. The molecule has 0 saturated carbocycles. The third-order valence-electron chi connectivity index (χ3n) is 4.87. The summed E-state index contributed by atoms with van der Waals surface area (Å²) in [4.78, 5) is 60.6. The van der Waals surface area contributed by atoms with Gasteiger partial charge in [-0.15, -0.1) is 0 Å². The Morgan fingerprint density at radius 2 is 1.46 bits per heavy atom. The number of alkyl halides is 2. The fourth-order valence-corrected chi connectivity index (χ4v) is 3.20. The average Bonchev–Trinajstić information content (AvgIpc) is 2.98. The van der Waals surface area contributed by atoms with Crippen LogP contribution in [-0.2, 0) is 24.0 Å². The lowest BCUT2D eigenvalue weighted by molar-refractivity contribution is -0.134. The standard InChI is InChI=1S/C21H19ClF3N5O2.2C4H4O4/c1-30(2)7-3-4-19(31)29-17-9-13-16(10-18(17)32-21(24)25)26-11-27-20(13)28-12-5-6-15(23)14(22)8-12;2*5-3(6)1-2-4(7)8/h3-6,8-11,21H,7H2,1-2H3,(H,29,31)(H,26,27,28);2*1-2H,(H,5,6)(H,7,8)/b4-3-;;. The zero-order chi connectivity index (χ0) is 36.4. The number of aromatic nitrogens is 2. The van der Waals surface area contributed by atoms with Crippen LogP contribution in [0, 0.1) is 5.82 Å². The summed E-state index contributed by atoms with van der Waals surface area (Å²) in [5.41, 5.74) is 0.737. The van der Waals surface area contributed by atoms with Gasteiger partial charge in [-0.2, -0.15) is 8.78 Å². The Kier molecular flexibility index (Phi) is 16.8. The summed E-state index contributed by atoms with van der Waals surface area (Å²) in [7, 11) is 3.67. The van der Waals surface area contributed by atoms with Crippen LogP contribution in [0.5, 0.6) is 5.75 Å². The minimum atomic E-state index is -3.10. The van der Waals surface area contributed by atoms with Crippen molar-refractivity contribution >= 4 is 69.5 Å². The molecule has 256 valence electrons. The first-order chi connectivity index (χ1) is 22.5. The Morgan fingerprint density at radius 1 is 0.896 bits per heavy atom. The molecule has 0 saturated heterocycles. The predicted molar refractivity (Wildman–Crippen MR) is 166 cm³/mol. The second-order valence-electron chi connectivity index (χ2n) is 8.89. The number of carbonyl (C=O) groups is 5. The normalized spacial score (nSPS) is 10.8. The Bertz CT molecular complexity index is 1650. The van der Waals surface area contributed by atoms with Crippen LogP contribution in [0.1, 0.15) is 0 Å². The summed E-state index contributed by atoms with van der Waals surface area (Å²) < 4.78 is 43.8. The number of ether oxygens (including phenoxy) is 1. The van der Waals surface area contributed by atoms with E-state index in [1.54, 1.807) is 6.08 Å². The van der Waals surface area contributed by atoms with Crippen molar-refractivity contribution < 1.29 is 62.3 Å². The van der Waals surface area contributed by atoms with Gasteiger partial charge >= 0.3 is 30.5 Å². The summed E-state index contributed by atoms with van der Waals surface area (Å²) in [6, 6.07) is 6.71. The minimum Gasteiger partial charge on any atom is -0.478 e. The zero-order valence-corrected chi connectivity index (χ0v) is 25.6. The molecule has 0 spiro atoms. The van der Waals surface area contributed by atoms with Crippen LogP contribution < -0.4 is 15.4 Å². The molecule has 15 nitrogen and oxygen atoms in total. The summed E-state index contributed by atoms with van der Waals surface area (Å²) in [6.45, 7) is -2.58. The molecular weight excluding hydrogens is 671 g/mol. The van der Waals surface area contributed by atoms with Gasteiger partial charge in [0, 0.05) is 54.1 Å². The van der Waals surface area contributed by atoms with E-state index in [-0.39, 0.29) is 22.0 Å². The van der Waals surface area contributed by atoms with Gasteiger partial charge in [0.15, 0.2) is 5.75 Å². The van der Waals surface area contributed by atoms with Crippen molar-refractivity contribution in [2.75, 3.05) is 31.3 Å². The zero-order valence-electron chi connectivity index (χ0n) is 24.8. The number of fused-ring (bicyclic) bond motifs is 1. The fourth-order valence-electron chi connectivity index (χ4n) is 3.02. The van der Waals surface area contributed by atoms with E-state index in [1.807, 2.05) is 19.0 Å². The van der Waals surface area contributed by atoms with Gasteiger partial charge in [0.1, 0.15) is 18.0 Å². The molecule has 0 bridgehead atoms. The molecule has 19 heteroatoms. The van der Waals surface area contributed by atoms with Crippen molar-refractivity contribution in [2.45, 2.75) is 6.61 Å². The molecule has 2 aromatic carbocycles. The van der Waals surface area contributed by atoms with Crippen LogP contribution in [0.15, 0.2) is 73.1 Å². The molecule has 0 atom stereocenters. The van der Waals surface area contributed by atoms with Gasteiger partial charge in [0.05, 0.1) is 16.2 Å². The number of hydrogen-bond donors (Lipinski definition) is 6. The maximum absolute atomic E-state index is 13.4. The van der Waals surface area contributed by atoms with Crippen molar-refractivity contribution in [3.8, 4) is 5.75 Å². The first-order valence-electron chi connectivity index (χ1n) is 12.8. The van der Waals surface area contributed by atoms with E-state index in [4.69, 9.17) is 32.0 Å². The molecular formula is C29H27ClF3N5O10. The van der Waals surface area contributed by atoms with Crippen molar-refractivity contribution in [3.63, 3.8) is 0 Å². The van der Waals surface area contributed by atoms with Gasteiger partial charge < -0.3 is 40.7 Å². The molecule has 48 heavy (non-hydrogen) atoms. The van der Waals surface area contributed by atoms with Crippen molar-refractivity contribution in [1.29, 1.82) is 0 Å². The van der Waals surface area contributed by atoms with E-state index >= 15 is 0 Å². The number of benzene rings is 2. The van der Waals surface area contributed by atoms with E-state index in [1.165, 1.54) is 42.7 Å². The Hall–Kier alpha value is -6.01. The molecule has 3 rings (SSSR count). The highest BCUT2D eigenvalue weighted by atomic mass is 35.5. The number of amides is 1. The summed E-state index contributed by atoms with van der Waals surface area (Å²) in [5.74, 6) is -6.09. The number of carboxylic acid groups (broad SMARTS) is 4. The third-order valence-corrected chi connectivity index (χ3v) is 5.16. The molecule has 3 aromatic rings. The van der Waals surface area contributed by atoms with E-state index in [9.17, 15) is 37.1 Å². The van der Waals surface area contributed by atoms with Crippen LogP contribution in [0.3, 0.4) is 0 Å². The van der Waals surface area contributed by atoms with Crippen molar-refractivity contribution in [2.24, 2.45) is 0 Å². The second-order valence-corrected chi connectivity index (χ2v) is 9.30. The van der Waals surface area contributed by atoms with E-state index < -0.39 is 42.2 Å². The van der Waals surface area contributed by atoms with Crippen LogP contribution in [0.2, 0.25) is 5.02 Å². The molecule has 0 radical (unpaired) electrons. The Morgan fingerprint density at radius 3 is 1.94 bits per heavy atom. The number of anilines is 3. The fraction of sp³-hybridized carbons (Fsp3) is 0.138. The predicted octanol–water partition coefficient (Wildman–Crippen LogP) is 4.25. The monoisotopic (exact) mass is 697 g/mol. The number of nitrogens with one attached hydrogen (secondary N) is 2. The Balaban J connectivity index is 0.000000594. The number of nitrogens with zero attached hydrogens (tertiary/aromatic N) is 3. The Labute approximate surface area is 274 Å². The van der Waals surface area contributed by atoms with E-state index in [0.29, 0.717) is 47.7 Å². The largest absolute Gasteiger partial charge is 0.478 e. The number of likely N-dealkylation sites (N-methyl/N-ethyl adjacent to an activating group) is 1. The number of rotatable bonds is 12. The van der Waals surface area contributed by atoms with Gasteiger partial charge in [-0.3, -0.25) is 4.79 Å². The maximum Gasteiger partial charge on any atom is 0.387 e. The van der Waals surface area contributed by atoms with Gasteiger partial charge in [-0.05, 0) is 38.4 Å². The first-order valence-corrected chi connectivity index (χ1v) is 13.2. The number of hydrogen-bond acceptors (Lipinski definition) is 10. The highest BCUT2D eigenvalue weighted by molar-refractivity contribution is 6.31. The summed E-state index contributed by atoms with van der Waals surface area (Å²) in [6.07, 6.45) is 6.37. The van der Waals surface area contributed by atoms with Crippen molar-refractivity contribution in [1.82, 2.24) is 14.9 Å². The number of carbonyl (C=O) groups excluding carboxylic acids is 1. The average molecular weight is 698 g/mol.